The zero-order valence-electron chi connectivity index (χ0n) is 9.87. The maximum absolute atomic E-state index is 12.0. The number of aliphatic hydroxyl groups is 1. The van der Waals surface area contributed by atoms with E-state index in [0.717, 1.165) is 10.0 Å². The van der Waals surface area contributed by atoms with Gasteiger partial charge in [-0.1, -0.05) is 12.1 Å². The minimum atomic E-state index is -0.389. The third kappa shape index (κ3) is 3.80. The average molecular weight is 302 g/mol. The van der Waals surface area contributed by atoms with Crippen molar-refractivity contribution in [2.75, 3.05) is 20.3 Å². The molecular weight excluding hydrogens is 286 g/mol. The number of nitrogens with one attached hydrogen (secondary N) is 1. The average Bonchev–Trinajstić information content (AvgIpc) is 2.31. The summed E-state index contributed by atoms with van der Waals surface area (Å²) in [6.07, 6.45) is 0. The molecule has 94 valence electrons. The molecule has 2 N–H and O–H groups in total. The lowest BCUT2D eigenvalue weighted by Crippen LogP contribution is -2.40. The van der Waals surface area contributed by atoms with Crippen LogP contribution in [0.1, 0.15) is 15.9 Å². The second-order valence-corrected chi connectivity index (χ2v) is 4.54. The highest BCUT2D eigenvalue weighted by molar-refractivity contribution is 9.10. The lowest BCUT2D eigenvalue weighted by Gasteiger charge is -2.16. The topological polar surface area (TPSA) is 58.6 Å². The molecule has 0 bridgehead atoms. The molecule has 1 atom stereocenters. The first-order valence-electron chi connectivity index (χ1n) is 5.26. The standard InChI is InChI=1S/C12H16BrNO3/c1-8-4-3-5-10(11(8)13)12(16)14-9(6-15)7-17-2/h3-5,9,15H,6-7H2,1-2H3,(H,14,16). The Morgan fingerprint density at radius 3 is 2.88 bits per heavy atom. The Morgan fingerprint density at radius 1 is 1.59 bits per heavy atom. The van der Waals surface area contributed by atoms with Crippen molar-refractivity contribution in [3.8, 4) is 0 Å². The lowest BCUT2D eigenvalue weighted by atomic mass is 10.1. The molecule has 0 heterocycles. The number of hydrogen-bond acceptors (Lipinski definition) is 3. The molecule has 1 amide bonds. The van der Waals surface area contributed by atoms with Crippen molar-refractivity contribution in [3.63, 3.8) is 0 Å². The van der Waals surface area contributed by atoms with Gasteiger partial charge in [0, 0.05) is 11.6 Å². The highest BCUT2D eigenvalue weighted by atomic mass is 79.9. The van der Waals surface area contributed by atoms with Crippen LogP contribution in [0.25, 0.3) is 0 Å². The van der Waals surface area contributed by atoms with Crippen LogP contribution in [0, 0.1) is 6.92 Å². The highest BCUT2D eigenvalue weighted by Gasteiger charge is 2.15. The zero-order valence-corrected chi connectivity index (χ0v) is 11.5. The number of amides is 1. The first-order chi connectivity index (χ1) is 8.10. The molecule has 0 aliphatic carbocycles. The molecule has 0 aromatic heterocycles. The number of aryl methyl sites for hydroxylation is 1. The van der Waals surface area contributed by atoms with E-state index in [9.17, 15) is 4.79 Å². The van der Waals surface area contributed by atoms with Crippen molar-refractivity contribution in [1.29, 1.82) is 0 Å². The summed E-state index contributed by atoms with van der Waals surface area (Å²) >= 11 is 3.38. The van der Waals surface area contributed by atoms with E-state index in [1.807, 2.05) is 19.1 Å². The van der Waals surface area contributed by atoms with Gasteiger partial charge in [-0.25, -0.2) is 0 Å². The van der Waals surface area contributed by atoms with Crippen molar-refractivity contribution in [2.24, 2.45) is 0 Å². The summed E-state index contributed by atoms with van der Waals surface area (Å²) in [5, 5.41) is 11.8. The first-order valence-corrected chi connectivity index (χ1v) is 6.05. The highest BCUT2D eigenvalue weighted by Crippen LogP contribution is 2.20. The fraction of sp³-hybridized carbons (Fsp3) is 0.417. The van der Waals surface area contributed by atoms with Crippen molar-refractivity contribution in [2.45, 2.75) is 13.0 Å². The van der Waals surface area contributed by atoms with Gasteiger partial charge in [-0.05, 0) is 34.5 Å². The first kappa shape index (κ1) is 14.2. The van der Waals surface area contributed by atoms with Gasteiger partial charge in [-0.3, -0.25) is 4.79 Å². The van der Waals surface area contributed by atoms with E-state index < -0.39 is 0 Å². The maximum Gasteiger partial charge on any atom is 0.252 e. The van der Waals surface area contributed by atoms with Crippen molar-refractivity contribution in [1.82, 2.24) is 5.32 Å². The summed E-state index contributed by atoms with van der Waals surface area (Å²) in [6, 6.07) is 5.08. The minimum Gasteiger partial charge on any atom is -0.394 e. The number of benzene rings is 1. The van der Waals surface area contributed by atoms with Crippen LogP contribution in [0.2, 0.25) is 0 Å². The van der Waals surface area contributed by atoms with Crippen molar-refractivity contribution in [3.05, 3.63) is 33.8 Å². The van der Waals surface area contributed by atoms with Gasteiger partial charge < -0.3 is 15.2 Å². The largest absolute Gasteiger partial charge is 0.394 e. The minimum absolute atomic E-state index is 0.150. The van der Waals surface area contributed by atoms with E-state index in [4.69, 9.17) is 9.84 Å². The molecule has 1 aromatic carbocycles. The normalized spacial score (nSPS) is 12.2. The van der Waals surface area contributed by atoms with E-state index in [1.165, 1.54) is 7.11 Å². The van der Waals surface area contributed by atoms with Crippen LogP contribution in [0.4, 0.5) is 0 Å². The number of halogens is 1. The molecule has 4 nitrogen and oxygen atoms in total. The van der Waals surface area contributed by atoms with Gasteiger partial charge in [-0.15, -0.1) is 0 Å². The van der Waals surface area contributed by atoms with Crippen LogP contribution in [0.3, 0.4) is 0 Å². The van der Waals surface area contributed by atoms with Crippen LogP contribution in [0.15, 0.2) is 22.7 Å². The molecule has 0 radical (unpaired) electrons. The number of carbonyl (C=O) groups is 1. The summed E-state index contributed by atoms with van der Waals surface area (Å²) in [5.74, 6) is -0.225. The molecule has 1 rings (SSSR count). The summed E-state index contributed by atoms with van der Waals surface area (Å²) in [6.45, 7) is 2.05. The van der Waals surface area contributed by atoms with Crippen molar-refractivity contribution < 1.29 is 14.6 Å². The van der Waals surface area contributed by atoms with E-state index >= 15 is 0 Å². The molecule has 5 heteroatoms. The molecule has 1 unspecified atom stereocenters. The Morgan fingerprint density at radius 2 is 2.29 bits per heavy atom. The second kappa shape index (κ2) is 6.74. The van der Waals surface area contributed by atoms with Gasteiger partial charge in [0.05, 0.1) is 24.8 Å². The fourth-order valence-electron chi connectivity index (χ4n) is 1.43. The van der Waals surface area contributed by atoms with E-state index in [2.05, 4.69) is 21.2 Å². The lowest BCUT2D eigenvalue weighted by molar-refractivity contribution is 0.0839. The quantitative estimate of drug-likeness (QED) is 0.866. The van der Waals surface area contributed by atoms with Gasteiger partial charge in [0.15, 0.2) is 0 Å². The molecule has 0 aliphatic heterocycles. The van der Waals surface area contributed by atoms with Gasteiger partial charge >= 0.3 is 0 Å². The van der Waals surface area contributed by atoms with E-state index in [-0.39, 0.29) is 25.2 Å². The molecule has 0 saturated carbocycles. The number of methoxy groups -OCH3 is 1. The Balaban J connectivity index is 2.79. The van der Waals surface area contributed by atoms with Crippen LogP contribution < -0.4 is 5.32 Å². The number of hydrogen-bond donors (Lipinski definition) is 2. The Labute approximate surface area is 109 Å². The number of carbonyl (C=O) groups excluding carboxylic acids is 1. The van der Waals surface area contributed by atoms with Gasteiger partial charge in [0.1, 0.15) is 0 Å². The Hall–Kier alpha value is -0.910. The van der Waals surface area contributed by atoms with Crippen LogP contribution in [0.5, 0.6) is 0 Å². The number of rotatable bonds is 5. The fourth-order valence-corrected chi connectivity index (χ4v) is 1.87. The summed E-state index contributed by atoms with van der Waals surface area (Å²) in [5.41, 5.74) is 1.55. The number of ether oxygens (including phenoxy) is 1. The monoisotopic (exact) mass is 301 g/mol. The predicted octanol–water partition coefficient (Wildman–Crippen LogP) is 1.49. The van der Waals surface area contributed by atoms with E-state index in [1.54, 1.807) is 6.07 Å². The summed E-state index contributed by atoms with van der Waals surface area (Å²) in [4.78, 5) is 12.0. The predicted molar refractivity (Wildman–Crippen MR) is 69.1 cm³/mol. The molecule has 0 spiro atoms. The smallest absolute Gasteiger partial charge is 0.252 e. The molecule has 0 saturated heterocycles. The summed E-state index contributed by atoms with van der Waals surface area (Å²) < 4.78 is 5.67. The molecule has 17 heavy (non-hydrogen) atoms. The third-order valence-corrected chi connectivity index (χ3v) is 3.41. The summed E-state index contributed by atoms with van der Waals surface area (Å²) in [7, 11) is 1.53. The van der Waals surface area contributed by atoms with Crippen LogP contribution >= 0.6 is 15.9 Å². The molecule has 0 fully saturated rings. The zero-order chi connectivity index (χ0) is 12.8. The molecular formula is C12H16BrNO3. The van der Waals surface area contributed by atoms with Crippen LogP contribution in [-0.2, 0) is 4.74 Å². The van der Waals surface area contributed by atoms with Crippen molar-refractivity contribution >= 4 is 21.8 Å². The van der Waals surface area contributed by atoms with E-state index in [0.29, 0.717) is 5.56 Å². The Bertz CT molecular complexity index is 395. The van der Waals surface area contributed by atoms with Gasteiger partial charge in [0.2, 0.25) is 0 Å². The Kier molecular flexibility index (Phi) is 5.61. The SMILES string of the molecule is COCC(CO)NC(=O)c1cccc(C)c1Br. The third-order valence-electron chi connectivity index (χ3n) is 2.36. The maximum atomic E-state index is 12.0. The van der Waals surface area contributed by atoms with Gasteiger partial charge in [0.25, 0.3) is 5.91 Å². The van der Waals surface area contributed by atoms with Crippen LogP contribution in [-0.4, -0.2) is 37.4 Å². The number of aliphatic hydroxyl groups excluding tert-OH is 1. The van der Waals surface area contributed by atoms with Gasteiger partial charge in [-0.2, -0.15) is 0 Å². The molecule has 0 aliphatic rings. The second-order valence-electron chi connectivity index (χ2n) is 3.74. The molecule has 1 aromatic rings.